The van der Waals surface area contributed by atoms with Crippen molar-refractivity contribution < 1.29 is 9.47 Å². The molecular formula is C14H21NO2. The summed E-state index contributed by atoms with van der Waals surface area (Å²) in [7, 11) is 3.34. The van der Waals surface area contributed by atoms with Gasteiger partial charge in [-0.05, 0) is 43.5 Å². The molecule has 1 aromatic rings. The summed E-state index contributed by atoms with van der Waals surface area (Å²) >= 11 is 0. The van der Waals surface area contributed by atoms with E-state index in [-0.39, 0.29) is 0 Å². The van der Waals surface area contributed by atoms with Crippen molar-refractivity contribution in [3.8, 4) is 11.5 Å². The minimum atomic E-state index is 0.759. The van der Waals surface area contributed by atoms with Crippen LogP contribution < -0.4 is 14.8 Å². The van der Waals surface area contributed by atoms with Gasteiger partial charge >= 0.3 is 0 Å². The molecule has 17 heavy (non-hydrogen) atoms. The molecule has 3 nitrogen and oxygen atoms in total. The highest BCUT2D eigenvalue weighted by Gasteiger charge is 2.15. The second kappa shape index (κ2) is 5.92. The Bertz CT molecular complexity index is 361. The van der Waals surface area contributed by atoms with E-state index >= 15 is 0 Å². The smallest absolute Gasteiger partial charge is 0.160 e. The summed E-state index contributed by atoms with van der Waals surface area (Å²) in [6.45, 7) is 1.04. The number of hydrogen-bond acceptors (Lipinski definition) is 3. The monoisotopic (exact) mass is 235 g/mol. The van der Waals surface area contributed by atoms with Crippen molar-refractivity contribution in [1.29, 1.82) is 0 Å². The summed E-state index contributed by atoms with van der Waals surface area (Å²) in [5.74, 6) is 1.61. The van der Waals surface area contributed by atoms with Crippen LogP contribution in [-0.2, 0) is 6.42 Å². The first kappa shape index (κ1) is 12.2. The standard InChI is InChI=1S/C14H21NO2/c1-16-13-7-6-11(10-14(13)17-2)8-9-15-12-4-3-5-12/h6-7,10,12,15H,3-5,8-9H2,1-2H3. The zero-order valence-electron chi connectivity index (χ0n) is 10.7. The molecule has 0 aromatic heterocycles. The van der Waals surface area contributed by atoms with Gasteiger partial charge in [-0.1, -0.05) is 12.5 Å². The third-order valence-electron chi connectivity index (χ3n) is 3.40. The van der Waals surface area contributed by atoms with Gasteiger partial charge in [0, 0.05) is 6.04 Å². The Kier molecular flexibility index (Phi) is 4.26. The van der Waals surface area contributed by atoms with E-state index in [9.17, 15) is 0 Å². The molecule has 1 fully saturated rings. The van der Waals surface area contributed by atoms with E-state index in [0.29, 0.717) is 0 Å². The molecule has 94 valence electrons. The topological polar surface area (TPSA) is 30.5 Å². The maximum Gasteiger partial charge on any atom is 0.160 e. The average molecular weight is 235 g/mol. The van der Waals surface area contributed by atoms with Gasteiger partial charge in [0.05, 0.1) is 14.2 Å². The van der Waals surface area contributed by atoms with Crippen molar-refractivity contribution >= 4 is 0 Å². The van der Waals surface area contributed by atoms with Gasteiger partial charge in [0.15, 0.2) is 11.5 Å². The number of benzene rings is 1. The Labute approximate surface area is 103 Å². The molecule has 0 spiro atoms. The van der Waals surface area contributed by atoms with Gasteiger partial charge in [0.25, 0.3) is 0 Å². The summed E-state index contributed by atoms with van der Waals surface area (Å²) in [6.07, 6.45) is 5.10. The lowest BCUT2D eigenvalue weighted by molar-refractivity contribution is 0.341. The Hall–Kier alpha value is -1.22. The van der Waals surface area contributed by atoms with E-state index in [4.69, 9.17) is 9.47 Å². The van der Waals surface area contributed by atoms with Crippen LogP contribution in [0.1, 0.15) is 24.8 Å². The van der Waals surface area contributed by atoms with E-state index in [1.807, 2.05) is 6.07 Å². The van der Waals surface area contributed by atoms with Gasteiger partial charge in [0.2, 0.25) is 0 Å². The molecular weight excluding hydrogens is 214 g/mol. The van der Waals surface area contributed by atoms with Crippen molar-refractivity contribution in [3.63, 3.8) is 0 Å². The highest BCUT2D eigenvalue weighted by molar-refractivity contribution is 5.42. The van der Waals surface area contributed by atoms with Crippen LogP contribution in [0.25, 0.3) is 0 Å². The predicted octanol–water partition coefficient (Wildman–Crippen LogP) is 2.39. The number of ether oxygens (including phenoxy) is 2. The fourth-order valence-corrected chi connectivity index (χ4v) is 2.07. The van der Waals surface area contributed by atoms with Gasteiger partial charge < -0.3 is 14.8 Å². The van der Waals surface area contributed by atoms with Gasteiger partial charge in [-0.15, -0.1) is 0 Å². The maximum atomic E-state index is 5.29. The Morgan fingerprint density at radius 3 is 2.53 bits per heavy atom. The molecule has 0 unspecified atom stereocenters. The molecule has 3 heteroatoms. The zero-order chi connectivity index (χ0) is 12.1. The molecule has 0 amide bonds. The second-order valence-corrected chi connectivity index (χ2v) is 4.52. The SMILES string of the molecule is COc1ccc(CCNC2CCC2)cc1OC. The van der Waals surface area contributed by atoms with E-state index < -0.39 is 0 Å². The number of hydrogen-bond donors (Lipinski definition) is 1. The molecule has 1 saturated carbocycles. The summed E-state index contributed by atoms with van der Waals surface area (Å²) in [5.41, 5.74) is 1.29. The van der Waals surface area contributed by atoms with E-state index in [1.54, 1.807) is 14.2 Å². The Morgan fingerprint density at radius 1 is 1.18 bits per heavy atom. The molecule has 0 atom stereocenters. The van der Waals surface area contributed by atoms with Crippen molar-refractivity contribution in [2.75, 3.05) is 20.8 Å². The fraction of sp³-hybridized carbons (Fsp3) is 0.571. The molecule has 0 saturated heterocycles. The summed E-state index contributed by atoms with van der Waals surface area (Å²) in [5, 5.41) is 3.56. The largest absolute Gasteiger partial charge is 0.493 e. The lowest BCUT2D eigenvalue weighted by Gasteiger charge is -2.26. The van der Waals surface area contributed by atoms with Crippen molar-refractivity contribution in [2.45, 2.75) is 31.7 Å². The van der Waals surface area contributed by atoms with Gasteiger partial charge in [-0.2, -0.15) is 0 Å². The summed E-state index contributed by atoms with van der Waals surface area (Å²) in [4.78, 5) is 0. The number of nitrogens with one attached hydrogen (secondary N) is 1. The van der Waals surface area contributed by atoms with Gasteiger partial charge in [-0.3, -0.25) is 0 Å². The number of rotatable bonds is 6. The lowest BCUT2D eigenvalue weighted by Crippen LogP contribution is -2.36. The second-order valence-electron chi connectivity index (χ2n) is 4.52. The molecule has 0 heterocycles. The third kappa shape index (κ3) is 3.13. The molecule has 2 rings (SSSR count). The third-order valence-corrected chi connectivity index (χ3v) is 3.40. The van der Waals surface area contributed by atoms with E-state index in [2.05, 4.69) is 17.4 Å². The van der Waals surface area contributed by atoms with Gasteiger partial charge in [-0.25, -0.2) is 0 Å². The zero-order valence-corrected chi connectivity index (χ0v) is 10.7. The van der Waals surface area contributed by atoms with Crippen molar-refractivity contribution in [3.05, 3.63) is 23.8 Å². The minimum Gasteiger partial charge on any atom is -0.493 e. The van der Waals surface area contributed by atoms with Crippen LogP contribution in [0.3, 0.4) is 0 Å². The molecule has 1 aromatic carbocycles. The molecule has 0 radical (unpaired) electrons. The van der Waals surface area contributed by atoms with E-state index in [1.165, 1.54) is 24.8 Å². The quantitative estimate of drug-likeness (QED) is 0.821. The van der Waals surface area contributed by atoms with Gasteiger partial charge in [0.1, 0.15) is 0 Å². The average Bonchev–Trinajstić information content (AvgIpc) is 2.32. The van der Waals surface area contributed by atoms with Crippen LogP contribution in [0.2, 0.25) is 0 Å². The summed E-state index contributed by atoms with van der Waals surface area (Å²) in [6, 6.07) is 6.89. The maximum absolute atomic E-state index is 5.29. The minimum absolute atomic E-state index is 0.759. The molecule has 1 aliphatic carbocycles. The predicted molar refractivity (Wildman–Crippen MR) is 68.9 cm³/mol. The van der Waals surface area contributed by atoms with Crippen LogP contribution in [0.15, 0.2) is 18.2 Å². The van der Waals surface area contributed by atoms with E-state index in [0.717, 1.165) is 30.5 Å². The van der Waals surface area contributed by atoms with Crippen molar-refractivity contribution in [2.24, 2.45) is 0 Å². The first-order valence-corrected chi connectivity index (χ1v) is 6.28. The first-order chi connectivity index (χ1) is 8.33. The molecule has 0 bridgehead atoms. The van der Waals surface area contributed by atoms with Crippen LogP contribution >= 0.6 is 0 Å². The Morgan fingerprint density at radius 2 is 1.94 bits per heavy atom. The van der Waals surface area contributed by atoms with Crippen molar-refractivity contribution in [1.82, 2.24) is 5.32 Å². The van der Waals surface area contributed by atoms with Crippen LogP contribution in [0.5, 0.6) is 11.5 Å². The van der Waals surface area contributed by atoms with Crippen LogP contribution in [0.4, 0.5) is 0 Å². The highest BCUT2D eigenvalue weighted by atomic mass is 16.5. The molecule has 1 aliphatic rings. The Balaban J connectivity index is 1.86. The molecule has 0 aliphatic heterocycles. The van der Waals surface area contributed by atoms with Crippen LogP contribution in [-0.4, -0.2) is 26.8 Å². The van der Waals surface area contributed by atoms with Crippen LogP contribution in [0, 0.1) is 0 Å². The molecule has 1 N–H and O–H groups in total. The first-order valence-electron chi connectivity index (χ1n) is 6.28. The summed E-state index contributed by atoms with van der Waals surface area (Å²) < 4.78 is 10.5. The highest BCUT2D eigenvalue weighted by Crippen LogP contribution is 2.27. The normalized spacial score (nSPS) is 15.4. The number of methoxy groups -OCH3 is 2. The lowest BCUT2D eigenvalue weighted by atomic mass is 9.93. The fourth-order valence-electron chi connectivity index (χ4n) is 2.07.